The minimum atomic E-state index is 0.241. The first-order valence-electron chi connectivity index (χ1n) is 6.43. The molecule has 1 rings (SSSR count). The fraction of sp³-hybridized carbons (Fsp3) is 0.600. The first-order valence-corrected chi connectivity index (χ1v) is 6.43. The number of aryl methyl sites for hydroxylation is 1. The number of hydrogen-bond donors (Lipinski definition) is 1. The number of ether oxygens (including phenoxy) is 1. The van der Waals surface area contributed by atoms with Gasteiger partial charge in [0.05, 0.1) is 6.10 Å². The SMILES string of the molecule is CCC(C)Oc1ccc(CC(C)CO)c(C)c1. The van der Waals surface area contributed by atoms with Crippen molar-refractivity contribution in [1.29, 1.82) is 0 Å². The largest absolute Gasteiger partial charge is 0.491 e. The minimum absolute atomic E-state index is 0.241. The Morgan fingerprint density at radius 1 is 1.29 bits per heavy atom. The summed E-state index contributed by atoms with van der Waals surface area (Å²) in [4.78, 5) is 0. The molecule has 2 unspecified atom stereocenters. The molecule has 0 aliphatic heterocycles. The molecule has 0 heterocycles. The van der Waals surface area contributed by atoms with Crippen LogP contribution in [0.2, 0.25) is 0 Å². The first-order chi connectivity index (χ1) is 8.06. The second-order valence-electron chi connectivity index (χ2n) is 4.92. The zero-order chi connectivity index (χ0) is 12.8. The molecule has 0 amide bonds. The van der Waals surface area contributed by atoms with Crippen LogP contribution in [0.1, 0.15) is 38.3 Å². The lowest BCUT2D eigenvalue weighted by molar-refractivity contribution is 0.217. The summed E-state index contributed by atoms with van der Waals surface area (Å²) in [5, 5.41) is 9.07. The molecule has 2 heteroatoms. The monoisotopic (exact) mass is 236 g/mol. The molecule has 0 aromatic heterocycles. The van der Waals surface area contributed by atoms with Gasteiger partial charge in [0, 0.05) is 6.61 Å². The van der Waals surface area contributed by atoms with Gasteiger partial charge in [-0.25, -0.2) is 0 Å². The number of aliphatic hydroxyl groups is 1. The maximum Gasteiger partial charge on any atom is 0.119 e. The summed E-state index contributed by atoms with van der Waals surface area (Å²) < 4.78 is 5.78. The quantitative estimate of drug-likeness (QED) is 0.821. The molecular weight excluding hydrogens is 212 g/mol. The van der Waals surface area contributed by atoms with Crippen LogP contribution in [0.5, 0.6) is 5.75 Å². The second kappa shape index (κ2) is 6.65. The van der Waals surface area contributed by atoms with Gasteiger partial charge in [0.15, 0.2) is 0 Å². The van der Waals surface area contributed by atoms with Crippen molar-refractivity contribution in [2.75, 3.05) is 6.61 Å². The van der Waals surface area contributed by atoms with E-state index in [1.807, 2.05) is 6.07 Å². The predicted molar refractivity (Wildman–Crippen MR) is 71.5 cm³/mol. The molecule has 1 aromatic carbocycles. The van der Waals surface area contributed by atoms with Crippen LogP contribution in [-0.2, 0) is 6.42 Å². The molecule has 0 radical (unpaired) electrons. The molecule has 1 N–H and O–H groups in total. The molecule has 0 saturated carbocycles. The fourth-order valence-corrected chi connectivity index (χ4v) is 1.73. The van der Waals surface area contributed by atoms with Gasteiger partial charge in [-0.15, -0.1) is 0 Å². The zero-order valence-electron chi connectivity index (χ0n) is 11.4. The number of rotatable bonds is 6. The maximum absolute atomic E-state index is 9.07. The van der Waals surface area contributed by atoms with Gasteiger partial charge in [-0.3, -0.25) is 0 Å². The summed E-state index contributed by atoms with van der Waals surface area (Å²) in [5.41, 5.74) is 2.54. The van der Waals surface area contributed by atoms with E-state index in [9.17, 15) is 0 Å². The van der Waals surface area contributed by atoms with Gasteiger partial charge in [-0.2, -0.15) is 0 Å². The average Bonchev–Trinajstić information content (AvgIpc) is 2.32. The minimum Gasteiger partial charge on any atom is -0.491 e. The van der Waals surface area contributed by atoms with E-state index in [0.29, 0.717) is 5.92 Å². The molecule has 0 spiro atoms. The highest BCUT2D eigenvalue weighted by Crippen LogP contribution is 2.21. The number of hydrogen-bond acceptors (Lipinski definition) is 2. The van der Waals surface area contributed by atoms with Gasteiger partial charge in [0.1, 0.15) is 5.75 Å². The summed E-state index contributed by atoms with van der Waals surface area (Å²) in [6.45, 7) is 8.60. The van der Waals surface area contributed by atoms with Crippen molar-refractivity contribution in [3.05, 3.63) is 29.3 Å². The zero-order valence-corrected chi connectivity index (χ0v) is 11.4. The molecule has 96 valence electrons. The third-order valence-corrected chi connectivity index (χ3v) is 3.11. The summed E-state index contributed by atoms with van der Waals surface area (Å²) in [6.07, 6.45) is 2.20. The lowest BCUT2D eigenvalue weighted by Crippen LogP contribution is -2.10. The van der Waals surface area contributed by atoms with Gasteiger partial charge in [-0.05, 0) is 55.9 Å². The van der Waals surface area contributed by atoms with Crippen molar-refractivity contribution < 1.29 is 9.84 Å². The van der Waals surface area contributed by atoms with Crippen LogP contribution in [0.25, 0.3) is 0 Å². The molecular formula is C15H24O2. The van der Waals surface area contributed by atoms with Crippen molar-refractivity contribution in [2.24, 2.45) is 5.92 Å². The smallest absolute Gasteiger partial charge is 0.119 e. The lowest BCUT2D eigenvalue weighted by Gasteiger charge is -2.15. The highest BCUT2D eigenvalue weighted by molar-refractivity contribution is 5.35. The van der Waals surface area contributed by atoms with Crippen molar-refractivity contribution in [3.8, 4) is 5.75 Å². The van der Waals surface area contributed by atoms with Gasteiger partial charge in [0.2, 0.25) is 0 Å². The van der Waals surface area contributed by atoms with Crippen molar-refractivity contribution in [1.82, 2.24) is 0 Å². The molecule has 0 saturated heterocycles. The predicted octanol–water partition coefficient (Wildman–Crippen LogP) is 3.34. The van der Waals surface area contributed by atoms with Crippen LogP contribution in [-0.4, -0.2) is 17.8 Å². The van der Waals surface area contributed by atoms with Crippen LogP contribution >= 0.6 is 0 Å². The van der Waals surface area contributed by atoms with Crippen LogP contribution < -0.4 is 4.74 Å². The molecule has 0 aliphatic rings. The normalized spacial score (nSPS) is 14.4. The topological polar surface area (TPSA) is 29.5 Å². The highest BCUT2D eigenvalue weighted by Gasteiger charge is 2.07. The lowest BCUT2D eigenvalue weighted by atomic mass is 9.98. The van der Waals surface area contributed by atoms with E-state index >= 15 is 0 Å². The molecule has 2 nitrogen and oxygen atoms in total. The summed E-state index contributed by atoms with van der Waals surface area (Å²) >= 11 is 0. The number of benzene rings is 1. The Kier molecular flexibility index (Phi) is 5.49. The Balaban J connectivity index is 2.72. The van der Waals surface area contributed by atoms with Crippen LogP contribution in [0.4, 0.5) is 0 Å². The molecule has 0 bridgehead atoms. The van der Waals surface area contributed by atoms with E-state index in [2.05, 4.69) is 39.8 Å². The van der Waals surface area contributed by atoms with E-state index in [-0.39, 0.29) is 12.7 Å². The average molecular weight is 236 g/mol. The van der Waals surface area contributed by atoms with E-state index in [1.54, 1.807) is 0 Å². The highest BCUT2D eigenvalue weighted by atomic mass is 16.5. The van der Waals surface area contributed by atoms with Gasteiger partial charge in [0.25, 0.3) is 0 Å². The maximum atomic E-state index is 9.07. The Morgan fingerprint density at radius 3 is 2.53 bits per heavy atom. The van der Waals surface area contributed by atoms with Crippen LogP contribution in [0.3, 0.4) is 0 Å². The van der Waals surface area contributed by atoms with Crippen LogP contribution in [0.15, 0.2) is 18.2 Å². The molecule has 0 aliphatic carbocycles. The summed E-state index contributed by atoms with van der Waals surface area (Å²) in [5.74, 6) is 1.26. The molecule has 0 fully saturated rings. The van der Waals surface area contributed by atoms with E-state index in [0.717, 1.165) is 18.6 Å². The Labute approximate surface area is 105 Å². The molecule has 17 heavy (non-hydrogen) atoms. The second-order valence-corrected chi connectivity index (χ2v) is 4.92. The van der Waals surface area contributed by atoms with E-state index in [4.69, 9.17) is 9.84 Å². The fourth-order valence-electron chi connectivity index (χ4n) is 1.73. The Hall–Kier alpha value is -1.02. The first kappa shape index (κ1) is 14.0. The Morgan fingerprint density at radius 2 is 2.00 bits per heavy atom. The number of aliphatic hydroxyl groups excluding tert-OH is 1. The molecule has 2 atom stereocenters. The van der Waals surface area contributed by atoms with Gasteiger partial charge in [-0.1, -0.05) is 19.9 Å². The summed E-state index contributed by atoms with van der Waals surface area (Å²) in [7, 11) is 0. The van der Waals surface area contributed by atoms with Crippen molar-refractivity contribution in [2.45, 2.75) is 46.6 Å². The van der Waals surface area contributed by atoms with Crippen LogP contribution in [0, 0.1) is 12.8 Å². The van der Waals surface area contributed by atoms with E-state index < -0.39 is 0 Å². The van der Waals surface area contributed by atoms with Crippen molar-refractivity contribution >= 4 is 0 Å². The standard InChI is InChI=1S/C15H24O2/c1-5-13(4)17-15-7-6-14(12(3)9-15)8-11(2)10-16/h6-7,9,11,13,16H,5,8,10H2,1-4H3. The van der Waals surface area contributed by atoms with Gasteiger partial charge >= 0.3 is 0 Å². The summed E-state index contributed by atoms with van der Waals surface area (Å²) in [6, 6.07) is 6.23. The third-order valence-electron chi connectivity index (χ3n) is 3.11. The van der Waals surface area contributed by atoms with Gasteiger partial charge < -0.3 is 9.84 Å². The van der Waals surface area contributed by atoms with E-state index in [1.165, 1.54) is 11.1 Å². The third kappa shape index (κ3) is 4.39. The Bertz CT molecular complexity index is 347. The molecule has 1 aromatic rings. The van der Waals surface area contributed by atoms with Crippen molar-refractivity contribution in [3.63, 3.8) is 0 Å².